The van der Waals surface area contributed by atoms with Crippen LogP contribution in [0.2, 0.25) is 0 Å². The number of aromatic nitrogens is 4. The van der Waals surface area contributed by atoms with Crippen molar-refractivity contribution in [3.8, 4) is 0 Å². The summed E-state index contributed by atoms with van der Waals surface area (Å²) in [5.41, 5.74) is 15.8. The Morgan fingerprint density at radius 3 is 2.24 bits per heavy atom. The van der Waals surface area contributed by atoms with Gasteiger partial charge in [-0.25, -0.2) is 15.0 Å². The maximum atomic E-state index is 13.7. The van der Waals surface area contributed by atoms with Crippen LogP contribution in [-0.2, 0) is 45.6 Å². The van der Waals surface area contributed by atoms with Crippen LogP contribution in [0.25, 0.3) is 11.2 Å². The Morgan fingerprint density at radius 1 is 0.836 bits per heavy atom. The first kappa shape index (κ1) is 41.4. The van der Waals surface area contributed by atoms with Crippen LogP contribution in [0.3, 0.4) is 0 Å². The minimum atomic E-state index is -3.76. The van der Waals surface area contributed by atoms with Gasteiger partial charge in [0.05, 0.1) is 44.7 Å². The highest BCUT2D eigenvalue weighted by atomic mass is 32.2. The molecule has 0 bridgehead atoms. The fraction of sp³-hybridized carbons (Fsp3) is 0.333. The lowest BCUT2D eigenvalue weighted by molar-refractivity contribution is -0.145. The predicted octanol–water partition coefficient (Wildman–Crippen LogP) is 5.80. The molecule has 0 aliphatic heterocycles. The van der Waals surface area contributed by atoms with Crippen LogP contribution >= 0.6 is 19.4 Å². The minimum absolute atomic E-state index is 0.0231. The number of rotatable bonds is 22. The van der Waals surface area contributed by atoms with E-state index in [0.29, 0.717) is 53.0 Å². The second-order valence-corrected chi connectivity index (χ2v) is 15.7. The van der Waals surface area contributed by atoms with Crippen LogP contribution in [0.15, 0.2) is 97.6 Å². The van der Waals surface area contributed by atoms with Crippen LogP contribution in [0, 0.1) is 0 Å². The topological polar surface area (TPSA) is 201 Å². The minimum Gasteiger partial charge on any atom is -0.465 e. The number of thioether (sulfide) groups is 1. The summed E-state index contributed by atoms with van der Waals surface area (Å²) in [5.74, 6) is -0.437. The van der Waals surface area contributed by atoms with E-state index in [0.717, 1.165) is 17.3 Å². The van der Waals surface area contributed by atoms with Gasteiger partial charge < -0.3 is 34.6 Å². The maximum absolute atomic E-state index is 13.7. The molecule has 16 heteroatoms. The number of carbonyl (C=O) groups is 3. The number of nitrogen functional groups attached to an aromatic ring is 1. The Bertz CT molecular complexity index is 2050. The first-order valence-electron chi connectivity index (χ1n) is 17.8. The summed E-state index contributed by atoms with van der Waals surface area (Å²) < 4.78 is 38.2. The highest BCUT2D eigenvalue weighted by Gasteiger charge is 2.26. The van der Waals surface area contributed by atoms with Crippen molar-refractivity contribution >= 4 is 53.2 Å². The van der Waals surface area contributed by atoms with Crippen LogP contribution in [0.5, 0.6) is 0 Å². The largest absolute Gasteiger partial charge is 0.465 e. The Kier molecular flexibility index (Phi) is 15.7. The molecule has 0 amide bonds. The molecule has 2 aromatic heterocycles. The summed E-state index contributed by atoms with van der Waals surface area (Å²) in [6, 6.07) is 24.8. The van der Waals surface area contributed by atoms with Gasteiger partial charge in [0.15, 0.2) is 17.2 Å². The van der Waals surface area contributed by atoms with E-state index < -0.39 is 25.5 Å². The number of anilines is 1. The zero-order valence-electron chi connectivity index (χ0n) is 30.5. The van der Waals surface area contributed by atoms with Crippen molar-refractivity contribution in [2.24, 2.45) is 5.73 Å². The number of benzene rings is 3. The van der Waals surface area contributed by atoms with Gasteiger partial charge in [0, 0.05) is 29.8 Å². The first-order chi connectivity index (χ1) is 26.6. The molecule has 4 N–H and O–H groups in total. The standard InChI is InChI=1S/C39H45N6O8PS/c1-28(30-14-16-32(17-15-30)35(46)31-12-6-3-7-13-31)38(47)51-19-8-20-52-54(49,27-50-22-18-45-26-44-34-36(41)42-25-43-37(34)45)53-21-9-23-55-39(48)33(40)24-29-10-4-2-5-11-29/h2-7,10-17,25-26,28,33H,8-9,18-24,27,40H2,1H3,(H2,41,42,43)/t28?,33-,54?/m0/s1. The van der Waals surface area contributed by atoms with Crippen molar-refractivity contribution in [3.63, 3.8) is 0 Å². The van der Waals surface area contributed by atoms with E-state index in [4.69, 9.17) is 30.0 Å². The van der Waals surface area contributed by atoms with Gasteiger partial charge in [0.2, 0.25) is 5.12 Å². The van der Waals surface area contributed by atoms with E-state index >= 15 is 0 Å². The first-order valence-corrected chi connectivity index (χ1v) is 20.5. The summed E-state index contributed by atoms with van der Waals surface area (Å²) in [6.45, 7) is 2.27. The molecule has 0 aliphatic rings. The Morgan fingerprint density at radius 2 is 1.51 bits per heavy atom. The van der Waals surface area contributed by atoms with Crippen molar-refractivity contribution in [2.75, 3.05) is 44.3 Å². The molecule has 0 saturated carbocycles. The van der Waals surface area contributed by atoms with Gasteiger partial charge in [-0.05, 0) is 30.9 Å². The lowest BCUT2D eigenvalue weighted by atomic mass is 9.97. The fourth-order valence-electron chi connectivity index (χ4n) is 5.38. The Labute approximate surface area is 323 Å². The monoisotopic (exact) mass is 788 g/mol. The number of fused-ring (bicyclic) bond motifs is 1. The molecule has 0 spiro atoms. The molecule has 3 atom stereocenters. The second kappa shape index (κ2) is 20.8. The summed E-state index contributed by atoms with van der Waals surface area (Å²) in [4.78, 5) is 50.5. The lowest BCUT2D eigenvalue weighted by Crippen LogP contribution is -2.30. The predicted molar refractivity (Wildman–Crippen MR) is 211 cm³/mol. The molecule has 5 rings (SSSR count). The van der Waals surface area contributed by atoms with Gasteiger partial charge in [-0.1, -0.05) is 96.7 Å². The highest BCUT2D eigenvalue weighted by Crippen LogP contribution is 2.48. The van der Waals surface area contributed by atoms with Crippen LogP contribution in [0.1, 0.15) is 52.7 Å². The molecule has 290 valence electrons. The smallest absolute Gasteiger partial charge is 0.356 e. The number of ether oxygens (including phenoxy) is 2. The van der Waals surface area contributed by atoms with Gasteiger partial charge in [-0.15, -0.1) is 0 Å². The van der Waals surface area contributed by atoms with E-state index in [2.05, 4.69) is 15.0 Å². The van der Waals surface area contributed by atoms with Crippen molar-refractivity contribution in [1.29, 1.82) is 0 Å². The van der Waals surface area contributed by atoms with Gasteiger partial charge in [-0.3, -0.25) is 18.9 Å². The van der Waals surface area contributed by atoms with Crippen LogP contribution in [0.4, 0.5) is 5.82 Å². The summed E-state index contributed by atoms with van der Waals surface area (Å²) in [7, 11) is -3.76. The third kappa shape index (κ3) is 12.4. The SMILES string of the molecule is CC(C(=O)OCCCOP(=O)(COCCn1cnc2c(N)ncnc21)OCCCSC(=O)[C@@H](N)Cc1ccccc1)c1ccc(C(=O)c2ccccc2)cc1. The number of ketones is 1. The molecule has 0 fully saturated rings. The number of hydrogen-bond donors (Lipinski definition) is 2. The van der Waals surface area contributed by atoms with E-state index in [-0.39, 0.29) is 55.9 Å². The van der Waals surface area contributed by atoms with Gasteiger partial charge >= 0.3 is 13.6 Å². The number of imidazole rings is 1. The lowest BCUT2D eigenvalue weighted by Gasteiger charge is -2.19. The normalized spacial score (nSPS) is 13.6. The Balaban J connectivity index is 1.07. The van der Waals surface area contributed by atoms with Crippen molar-refractivity contribution in [2.45, 2.75) is 44.7 Å². The fourth-order valence-corrected chi connectivity index (χ4v) is 7.53. The molecule has 3 aromatic carbocycles. The Hall–Kier alpha value is -4.76. The third-order valence-corrected chi connectivity index (χ3v) is 11.2. The van der Waals surface area contributed by atoms with Crippen LogP contribution in [-0.4, -0.2) is 81.0 Å². The van der Waals surface area contributed by atoms with E-state index in [1.54, 1.807) is 66.3 Å². The molecule has 55 heavy (non-hydrogen) atoms. The third-order valence-electron chi connectivity index (χ3n) is 8.46. The molecule has 2 unspecified atom stereocenters. The molecule has 0 aliphatic carbocycles. The summed E-state index contributed by atoms with van der Waals surface area (Å²) in [6.07, 6.45) is 3.70. The zero-order valence-corrected chi connectivity index (χ0v) is 32.2. The van der Waals surface area contributed by atoms with Crippen LogP contribution < -0.4 is 11.5 Å². The molecular weight excluding hydrogens is 744 g/mol. The molecular formula is C39H45N6O8PS. The van der Waals surface area contributed by atoms with E-state index in [1.807, 2.05) is 36.4 Å². The summed E-state index contributed by atoms with van der Waals surface area (Å²) >= 11 is 1.11. The average Bonchev–Trinajstić information content (AvgIpc) is 3.63. The number of nitrogens with two attached hydrogens (primary N) is 2. The van der Waals surface area contributed by atoms with Gasteiger partial charge in [-0.2, -0.15) is 0 Å². The van der Waals surface area contributed by atoms with Gasteiger partial charge in [0.25, 0.3) is 0 Å². The zero-order chi connectivity index (χ0) is 39.0. The van der Waals surface area contributed by atoms with Crippen molar-refractivity contribution in [3.05, 3.63) is 120 Å². The molecule has 2 heterocycles. The van der Waals surface area contributed by atoms with Gasteiger partial charge in [0.1, 0.15) is 18.2 Å². The number of hydrogen-bond acceptors (Lipinski definition) is 14. The number of nitrogens with zero attached hydrogens (tertiary/aromatic N) is 4. The highest BCUT2D eigenvalue weighted by molar-refractivity contribution is 8.13. The number of carbonyl (C=O) groups excluding carboxylic acids is 3. The molecule has 0 saturated heterocycles. The van der Waals surface area contributed by atoms with Crippen molar-refractivity contribution in [1.82, 2.24) is 19.5 Å². The van der Waals surface area contributed by atoms with E-state index in [9.17, 15) is 18.9 Å². The quantitative estimate of drug-likeness (QED) is 0.0369. The second-order valence-electron chi connectivity index (χ2n) is 12.6. The maximum Gasteiger partial charge on any atom is 0.356 e. The van der Waals surface area contributed by atoms with E-state index in [1.165, 1.54) is 6.33 Å². The molecule has 0 radical (unpaired) electrons. The number of esters is 1. The van der Waals surface area contributed by atoms with Crippen molar-refractivity contribution < 1.29 is 37.5 Å². The molecule has 14 nitrogen and oxygen atoms in total. The molecule has 5 aromatic rings. The average molecular weight is 789 g/mol. The summed E-state index contributed by atoms with van der Waals surface area (Å²) in [5, 5.41) is -0.135.